The number of hydrogen-bond acceptors (Lipinski definition) is 4. The second-order valence-electron chi connectivity index (χ2n) is 7.77. The topological polar surface area (TPSA) is 64.2 Å². The lowest BCUT2D eigenvalue weighted by Gasteiger charge is -2.25. The minimum atomic E-state index is -0.811. The third-order valence-corrected chi connectivity index (χ3v) is 5.45. The highest BCUT2D eigenvalue weighted by Crippen LogP contribution is 2.39. The number of methoxy groups -OCH3 is 1. The van der Waals surface area contributed by atoms with Gasteiger partial charge >= 0.3 is 0 Å². The number of quaternary nitrogens is 1. The van der Waals surface area contributed by atoms with Crippen molar-refractivity contribution in [3.63, 3.8) is 0 Å². The quantitative estimate of drug-likeness (QED) is 0.674. The van der Waals surface area contributed by atoms with Crippen LogP contribution >= 0.6 is 0 Å². The van der Waals surface area contributed by atoms with Gasteiger partial charge in [-0.1, -0.05) is 18.2 Å². The zero-order chi connectivity index (χ0) is 21.4. The Morgan fingerprint density at radius 1 is 1.17 bits per heavy atom. The average Bonchev–Trinajstić information content (AvgIpc) is 3.00. The highest BCUT2D eigenvalue weighted by atomic mass is 19.1. The predicted octanol–water partition coefficient (Wildman–Crippen LogP) is 2.02. The van der Waals surface area contributed by atoms with Crippen LogP contribution in [0.25, 0.3) is 11.0 Å². The van der Waals surface area contributed by atoms with Gasteiger partial charge in [0, 0.05) is 24.6 Å². The smallest absolute Gasteiger partial charge is 0.290 e. The van der Waals surface area contributed by atoms with Gasteiger partial charge in [0.15, 0.2) is 5.43 Å². The summed E-state index contributed by atoms with van der Waals surface area (Å²) in [5, 5.41) is 0.336. The van der Waals surface area contributed by atoms with Crippen molar-refractivity contribution in [1.29, 1.82) is 0 Å². The maximum atomic E-state index is 14.7. The summed E-state index contributed by atoms with van der Waals surface area (Å²) in [4.78, 5) is 29.4. The summed E-state index contributed by atoms with van der Waals surface area (Å²) in [7, 11) is 5.57. The Hall–Kier alpha value is -3.19. The van der Waals surface area contributed by atoms with E-state index in [2.05, 4.69) is 0 Å². The molecule has 6 nitrogen and oxygen atoms in total. The Morgan fingerprint density at radius 2 is 1.93 bits per heavy atom. The van der Waals surface area contributed by atoms with Crippen LogP contribution in [-0.2, 0) is 0 Å². The van der Waals surface area contributed by atoms with Crippen molar-refractivity contribution in [2.45, 2.75) is 12.5 Å². The molecule has 0 aliphatic carbocycles. The SMILES string of the molecule is COc1ccc2c(=O)c3c(oc2c1)C(=O)N(CCC[NH+](C)C)[C@@H]3c1ccccc1F. The summed E-state index contributed by atoms with van der Waals surface area (Å²) in [6.45, 7) is 1.23. The first kappa shape index (κ1) is 20.1. The van der Waals surface area contributed by atoms with Crippen molar-refractivity contribution < 1.29 is 23.2 Å². The highest BCUT2D eigenvalue weighted by molar-refractivity contribution is 5.99. The number of nitrogens with zero attached hydrogens (tertiary/aromatic N) is 1. The number of benzene rings is 2. The Morgan fingerprint density at radius 3 is 2.63 bits per heavy atom. The monoisotopic (exact) mass is 411 g/mol. The van der Waals surface area contributed by atoms with Crippen molar-refractivity contribution in [1.82, 2.24) is 4.90 Å². The average molecular weight is 411 g/mol. The number of ether oxygens (including phenoxy) is 1. The summed E-state index contributed by atoms with van der Waals surface area (Å²) < 4.78 is 25.8. The number of nitrogens with one attached hydrogen (secondary N) is 1. The molecule has 30 heavy (non-hydrogen) atoms. The number of carbonyl (C=O) groups excluding carboxylic acids is 1. The molecular weight excluding hydrogens is 387 g/mol. The number of rotatable bonds is 6. The van der Waals surface area contributed by atoms with Gasteiger partial charge in [-0.05, 0) is 18.2 Å². The second-order valence-corrected chi connectivity index (χ2v) is 7.77. The molecule has 4 rings (SSSR count). The number of amides is 1. The summed E-state index contributed by atoms with van der Waals surface area (Å²) >= 11 is 0. The van der Waals surface area contributed by atoms with Crippen molar-refractivity contribution in [2.24, 2.45) is 0 Å². The first-order valence-corrected chi connectivity index (χ1v) is 9.91. The van der Waals surface area contributed by atoms with E-state index in [9.17, 15) is 14.0 Å². The highest BCUT2D eigenvalue weighted by Gasteiger charge is 2.43. The van der Waals surface area contributed by atoms with Crippen LogP contribution in [0.5, 0.6) is 5.75 Å². The van der Waals surface area contributed by atoms with Gasteiger partial charge in [-0.3, -0.25) is 9.59 Å². The summed E-state index contributed by atoms with van der Waals surface area (Å²) in [6.07, 6.45) is 0.717. The molecule has 0 saturated carbocycles. The fourth-order valence-electron chi connectivity index (χ4n) is 3.98. The Kier molecular flexibility index (Phi) is 5.30. The minimum absolute atomic E-state index is 0.0220. The Bertz CT molecular complexity index is 1170. The molecule has 1 N–H and O–H groups in total. The third kappa shape index (κ3) is 3.35. The molecule has 156 valence electrons. The molecule has 0 bridgehead atoms. The predicted molar refractivity (Wildman–Crippen MR) is 111 cm³/mol. The van der Waals surface area contributed by atoms with E-state index in [4.69, 9.17) is 9.15 Å². The molecule has 7 heteroatoms. The van der Waals surface area contributed by atoms with E-state index < -0.39 is 17.8 Å². The molecule has 3 aromatic rings. The molecule has 1 aliphatic rings. The van der Waals surface area contributed by atoms with E-state index in [-0.39, 0.29) is 22.3 Å². The Labute approximate surface area is 173 Å². The minimum Gasteiger partial charge on any atom is -0.497 e. The molecule has 0 radical (unpaired) electrons. The maximum absolute atomic E-state index is 14.7. The largest absolute Gasteiger partial charge is 0.497 e. The van der Waals surface area contributed by atoms with Gasteiger partial charge in [-0.25, -0.2) is 4.39 Å². The van der Waals surface area contributed by atoms with Crippen molar-refractivity contribution in [3.8, 4) is 5.75 Å². The van der Waals surface area contributed by atoms with Crippen molar-refractivity contribution in [3.05, 3.63) is 75.4 Å². The first-order chi connectivity index (χ1) is 14.4. The van der Waals surface area contributed by atoms with Gasteiger partial charge in [0.25, 0.3) is 5.91 Å². The molecule has 0 spiro atoms. The van der Waals surface area contributed by atoms with Crippen LogP contribution in [0.1, 0.15) is 34.1 Å². The second kappa shape index (κ2) is 7.91. The third-order valence-electron chi connectivity index (χ3n) is 5.45. The van der Waals surface area contributed by atoms with Crippen LogP contribution in [0.4, 0.5) is 4.39 Å². The fraction of sp³-hybridized carbons (Fsp3) is 0.304. The molecular formula is C23H24FN2O4+. The van der Waals surface area contributed by atoms with Crippen LogP contribution < -0.4 is 15.1 Å². The number of fused-ring (bicyclic) bond motifs is 2. The van der Waals surface area contributed by atoms with Crippen molar-refractivity contribution in [2.75, 3.05) is 34.3 Å². The molecule has 0 saturated heterocycles. The summed E-state index contributed by atoms with van der Waals surface area (Å²) in [5.74, 6) is -0.354. The lowest BCUT2D eigenvalue weighted by Crippen LogP contribution is -3.05. The molecule has 1 aromatic heterocycles. The summed E-state index contributed by atoms with van der Waals surface area (Å²) in [5.41, 5.74) is 0.441. The van der Waals surface area contributed by atoms with E-state index in [1.165, 1.54) is 18.1 Å². The normalized spacial score (nSPS) is 15.8. The van der Waals surface area contributed by atoms with Crippen molar-refractivity contribution >= 4 is 16.9 Å². The van der Waals surface area contributed by atoms with Gasteiger partial charge in [-0.15, -0.1) is 0 Å². The van der Waals surface area contributed by atoms with E-state index in [1.54, 1.807) is 41.3 Å². The van der Waals surface area contributed by atoms with E-state index in [0.29, 0.717) is 29.7 Å². The number of halogens is 1. The molecule has 1 aliphatic heterocycles. The maximum Gasteiger partial charge on any atom is 0.290 e. The van der Waals surface area contributed by atoms with Crippen LogP contribution in [-0.4, -0.2) is 45.1 Å². The van der Waals surface area contributed by atoms with Gasteiger partial charge in [0.1, 0.15) is 17.1 Å². The summed E-state index contributed by atoms with van der Waals surface area (Å²) in [6, 6.07) is 10.3. The zero-order valence-electron chi connectivity index (χ0n) is 17.2. The van der Waals surface area contributed by atoms with E-state index >= 15 is 0 Å². The van der Waals surface area contributed by atoms with Gasteiger partial charge < -0.3 is 19.0 Å². The van der Waals surface area contributed by atoms with Gasteiger partial charge in [0.2, 0.25) is 5.76 Å². The molecule has 1 atom stereocenters. The zero-order valence-corrected chi connectivity index (χ0v) is 17.2. The van der Waals surface area contributed by atoms with Gasteiger partial charge in [0.05, 0.1) is 44.7 Å². The lowest BCUT2D eigenvalue weighted by molar-refractivity contribution is -0.858. The molecule has 1 amide bonds. The van der Waals surface area contributed by atoms with Gasteiger partial charge in [-0.2, -0.15) is 0 Å². The molecule has 2 aromatic carbocycles. The number of carbonyl (C=O) groups is 1. The number of hydrogen-bond donors (Lipinski definition) is 1. The lowest BCUT2D eigenvalue weighted by atomic mass is 9.98. The van der Waals surface area contributed by atoms with Crippen LogP contribution in [0.2, 0.25) is 0 Å². The first-order valence-electron chi connectivity index (χ1n) is 9.91. The molecule has 2 heterocycles. The van der Waals surface area contributed by atoms with Crippen LogP contribution in [0.3, 0.4) is 0 Å². The van der Waals surface area contributed by atoms with Crippen LogP contribution in [0.15, 0.2) is 51.7 Å². The van der Waals surface area contributed by atoms with E-state index in [1.807, 2.05) is 14.1 Å². The Balaban J connectivity index is 1.90. The molecule has 0 unspecified atom stereocenters. The van der Waals surface area contributed by atoms with E-state index in [0.717, 1.165) is 6.54 Å². The standard InChI is InChI=1S/C23H23FN2O4/c1-25(2)11-6-12-26-20(15-7-4-5-8-17(15)24)19-21(27)16-10-9-14(29-3)13-18(16)30-22(19)23(26)28/h4-5,7-10,13,20H,6,11-12H2,1-3H3/p+1/t20-/m1/s1. The van der Waals surface area contributed by atoms with Crippen LogP contribution in [0, 0.1) is 5.82 Å². The molecule has 0 fully saturated rings. The fourth-order valence-corrected chi connectivity index (χ4v) is 3.98.